The van der Waals surface area contributed by atoms with Crippen LogP contribution in [0.15, 0.2) is 23.3 Å². The smallest absolute Gasteiger partial charge is 0.275 e. The Morgan fingerprint density at radius 3 is 2.95 bits per heavy atom. The molecule has 1 aliphatic rings. The van der Waals surface area contributed by atoms with E-state index in [4.69, 9.17) is 0 Å². The number of carbonyl (C=O) groups is 1. The minimum Gasteiger partial charge on any atom is -0.508 e. The maximum absolute atomic E-state index is 11.9. The van der Waals surface area contributed by atoms with E-state index in [2.05, 4.69) is 17.5 Å². The lowest BCUT2D eigenvalue weighted by Crippen LogP contribution is -2.22. The SMILES string of the molecule is C[C@@H]1CCC/C(=N\NC(=O)c2cc(O)ccc2O)C1. The van der Waals surface area contributed by atoms with Crippen molar-refractivity contribution in [2.24, 2.45) is 11.0 Å². The van der Waals surface area contributed by atoms with Gasteiger partial charge in [0.1, 0.15) is 11.5 Å². The number of nitrogens with one attached hydrogen (secondary N) is 1. The fraction of sp³-hybridized carbons (Fsp3) is 0.429. The van der Waals surface area contributed by atoms with Crippen LogP contribution in [0.5, 0.6) is 11.5 Å². The molecule has 1 atom stereocenters. The zero-order valence-electron chi connectivity index (χ0n) is 10.9. The summed E-state index contributed by atoms with van der Waals surface area (Å²) < 4.78 is 0. The molecule has 1 aromatic rings. The number of rotatable bonds is 2. The summed E-state index contributed by atoms with van der Waals surface area (Å²) in [6, 6.07) is 3.81. The molecular formula is C14H18N2O3. The van der Waals surface area contributed by atoms with Gasteiger partial charge in [0.05, 0.1) is 5.56 Å². The number of amides is 1. The van der Waals surface area contributed by atoms with Crippen LogP contribution >= 0.6 is 0 Å². The van der Waals surface area contributed by atoms with Gasteiger partial charge in [-0.2, -0.15) is 5.10 Å². The Morgan fingerprint density at radius 1 is 1.42 bits per heavy atom. The van der Waals surface area contributed by atoms with Crippen LogP contribution in [0.3, 0.4) is 0 Å². The van der Waals surface area contributed by atoms with E-state index in [9.17, 15) is 15.0 Å². The number of hydrazone groups is 1. The molecule has 0 unspecified atom stereocenters. The molecule has 0 saturated heterocycles. The number of aromatic hydroxyl groups is 2. The minimum absolute atomic E-state index is 0.0215. The maximum Gasteiger partial charge on any atom is 0.275 e. The number of benzene rings is 1. The van der Waals surface area contributed by atoms with Gasteiger partial charge in [0.2, 0.25) is 0 Å². The molecule has 102 valence electrons. The summed E-state index contributed by atoms with van der Waals surface area (Å²) in [6.07, 6.45) is 4.08. The number of nitrogens with zero attached hydrogens (tertiary/aromatic N) is 1. The number of hydrogen-bond donors (Lipinski definition) is 3. The van der Waals surface area contributed by atoms with Crippen molar-refractivity contribution >= 4 is 11.6 Å². The summed E-state index contributed by atoms with van der Waals surface area (Å²) in [6.45, 7) is 2.16. The lowest BCUT2D eigenvalue weighted by Gasteiger charge is -2.18. The third-order valence-electron chi connectivity index (χ3n) is 3.29. The van der Waals surface area contributed by atoms with Crippen molar-refractivity contribution < 1.29 is 15.0 Å². The first-order valence-electron chi connectivity index (χ1n) is 6.44. The van der Waals surface area contributed by atoms with Crippen molar-refractivity contribution in [1.82, 2.24) is 5.43 Å². The van der Waals surface area contributed by atoms with Gasteiger partial charge in [-0.25, -0.2) is 5.43 Å². The molecule has 0 radical (unpaired) electrons. The second-order valence-corrected chi connectivity index (χ2v) is 5.02. The third kappa shape index (κ3) is 3.47. The summed E-state index contributed by atoms with van der Waals surface area (Å²) in [7, 11) is 0. The number of phenols is 2. The molecule has 2 rings (SSSR count). The van der Waals surface area contributed by atoms with Crippen LogP contribution in [-0.4, -0.2) is 21.8 Å². The lowest BCUT2D eigenvalue weighted by atomic mass is 9.89. The normalized spacial score (nSPS) is 21.3. The van der Waals surface area contributed by atoms with E-state index in [1.807, 2.05) is 0 Å². The largest absolute Gasteiger partial charge is 0.508 e. The zero-order chi connectivity index (χ0) is 13.8. The molecule has 5 heteroatoms. The minimum atomic E-state index is -0.515. The Labute approximate surface area is 112 Å². The quantitative estimate of drug-likeness (QED) is 0.565. The Bertz CT molecular complexity index is 511. The first-order valence-corrected chi connectivity index (χ1v) is 6.44. The van der Waals surface area contributed by atoms with Crippen molar-refractivity contribution in [2.75, 3.05) is 0 Å². The molecule has 19 heavy (non-hydrogen) atoms. The molecule has 1 aromatic carbocycles. The van der Waals surface area contributed by atoms with Gasteiger partial charge in [0.25, 0.3) is 5.91 Å². The molecule has 0 aliphatic heterocycles. The van der Waals surface area contributed by atoms with Crippen LogP contribution in [0.1, 0.15) is 43.0 Å². The molecule has 0 aromatic heterocycles. The molecule has 0 heterocycles. The van der Waals surface area contributed by atoms with E-state index in [0.717, 1.165) is 25.0 Å². The van der Waals surface area contributed by atoms with Crippen molar-refractivity contribution in [1.29, 1.82) is 0 Å². The van der Waals surface area contributed by atoms with E-state index in [0.29, 0.717) is 5.92 Å². The molecule has 1 fully saturated rings. The Balaban J connectivity index is 2.05. The lowest BCUT2D eigenvalue weighted by molar-refractivity contribution is 0.0951. The predicted molar refractivity (Wildman–Crippen MR) is 72.3 cm³/mol. The summed E-state index contributed by atoms with van der Waals surface area (Å²) in [4.78, 5) is 11.9. The maximum atomic E-state index is 11.9. The van der Waals surface area contributed by atoms with E-state index in [-0.39, 0.29) is 17.1 Å². The monoisotopic (exact) mass is 262 g/mol. The molecule has 1 aliphatic carbocycles. The molecule has 3 N–H and O–H groups in total. The van der Waals surface area contributed by atoms with E-state index in [1.54, 1.807) is 0 Å². The van der Waals surface area contributed by atoms with Crippen LogP contribution < -0.4 is 5.43 Å². The van der Waals surface area contributed by atoms with Crippen molar-refractivity contribution in [3.05, 3.63) is 23.8 Å². The van der Waals surface area contributed by atoms with E-state index < -0.39 is 5.91 Å². The summed E-state index contributed by atoms with van der Waals surface area (Å²) in [5.41, 5.74) is 3.44. The van der Waals surface area contributed by atoms with Crippen molar-refractivity contribution in [2.45, 2.75) is 32.6 Å². The van der Waals surface area contributed by atoms with Crippen LogP contribution in [0, 0.1) is 5.92 Å². The van der Waals surface area contributed by atoms with Gasteiger partial charge in [0.15, 0.2) is 0 Å². The van der Waals surface area contributed by atoms with Crippen molar-refractivity contribution in [3.63, 3.8) is 0 Å². The topological polar surface area (TPSA) is 81.9 Å². The predicted octanol–water partition coefficient (Wildman–Crippen LogP) is 2.39. The highest BCUT2D eigenvalue weighted by Crippen LogP contribution is 2.23. The van der Waals surface area contributed by atoms with Crippen LogP contribution in [-0.2, 0) is 0 Å². The van der Waals surface area contributed by atoms with Crippen molar-refractivity contribution in [3.8, 4) is 11.5 Å². The van der Waals surface area contributed by atoms with Gasteiger partial charge in [-0.05, 0) is 49.8 Å². The Morgan fingerprint density at radius 2 is 2.21 bits per heavy atom. The molecule has 1 amide bonds. The Hall–Kier alpha value is -2.04. The van der Waals surface area contributed by atoms with Gasteiger partial charge >= 0.3 is 0 Å². The number of carbonyl (C=O) groups excluding carboxylic acids is 1. The molecular weight excluding hydrogens is 244 g/mol. The van der Waals surface area contributed by atoms with Gasteiger partial charge in [-0.15, -0.1) is 0 Å². The highest BCUT2D eigenvalue weighted by atomic mass is 16.3. The summed E-state index contributed by atoms with van der Waals surface area (Å²) in [5.74, 6) is -0.160. The van der Waals surface area contributed by atoms with Gasteiger partial charge in [0, 0.05) is 5.71 Å². The molecule has 1 saturated carbocycles. The molecule has 5 nitrogen and oxygen atoms in total. The fourth-order valence-corrected chi connectivity index (χ4v) is 2.26. The highest BCUT2D eigenvalue weighted by molar-refractivity contribution is 5.98. The first kappa shape index (κ1) is 13.4. The summed E-state index contributed by atoms with van der Waals surface area (Å²) >= 11 is 0. The average molecular weight is 262 g/mol. The van der Waals surface area contributed by atoms with Gasteiger partial charge in [-0.1, -0.05) is 6.92 Å². The fourth-order valence-electron chi connectivity index (χ4n) is 2.26. The van der Waals surface area contributed by atoms with E-state index in [1.165, 1.54) is 24.6 Å². The highest BCUT2D eigenvalue weighted by Gasteiger charge is 2.15. The van der Waals surface area contributed by atoms with Crippen LogP contribution in [0.25, 0.3) is 0 Å². The van der Waals surface area contributed by atoms with Crippen LogP contribution in [0.2, 0.25) is 0 Å². The number of hydrogen-bond acceptors (Lipinski definition) is 4. The van der Waals surface area contributed by atoms with Gasteiger partial charge in [-0.3, -0.25) is 4.79 Å². The first-order chi connectivity index (χ1) is 9.06. The third-order valence-corrected chi connectivity index (χ3v) is 3.29. The Kier molecular flexibility index (Phi) is 4.04. The van der Waals surface area contributed by atoms with Crippen LogP contribution in [0.4, 0.5) is 0 Å². The van der Waals surface area contributed by atoms with Gasteiger partial charge < -0.3 is 10.2 Å². The zero-order valence-corrected chi connectivity index (χ0v) is 10.9. The molecule has 0 spiro atoms. The molecule has 0 bridgehead atoms. The second kappa shape index (κ2) is 5.73. The summed E-state index contributed by atoms with van der Waals surface area (Å²) in [5, 5.41) is 23.0. The standard InChI is InChI=1S/C14H18N2O3/c1-9-3-2-4-10(7-9)15-16-14(19)12-8-11(17)5-6-13(12)18/h5-6,8-9,17-18H,2-4,7H2,1H3,(H,16,19)/b15-10+/t9-/m1/s1. The number of phenolic OH excluding ortho intramolecular Hbond substituents is 2. The second-order valence-electron chi connectivity index (χ2n) is 5.02. The van der Waals surface area contributed by atoms with E-state index >= 15 is 0 Å². The average Bonchev–Trinajstić information content (AvgIpc) is 2.39.